The molecule has 1 amide bonds. The number of aliphatic hydroxyl groups is 1. The van der Waals surface area contributed by atoms with Crippen LogP contribution >= 0.6 is 12.6 Å². The van der Waals surface area contributed by atoms with Crippen LogP contribution in [-0.4, -0.2) is 41.0 Å². The van der Waals surface area contributed by atoms with Gasteiger partial charge < -0.3 is 15.5 Å². The van der Waals surface area contributed by atoms with Crippen molar-refractivity contribution in [2.45, 2.75) is 13.8 Å². The number of hydrogen-bond acceptors (Lipinski definition) is 4. The van der Waals surface area contributed by atoms with E-state index in [9.17, 15) is 9.59 Å². The van der Waals surface area contributed by atoms with Crippen molar-refractivity contribution in [3.8, 4) is 0 Å². The second-order valence-corrected chi connectivity index (χ2v) is 3.08. The van der Waals surface area contributed by atoms with Crippen molar-refractivity contribution in [3.05, 3.63) is 0 Å². The second-order valence-electron chi connectivity index (χ2n) is 2.63. The lowest BCUT2D eigenvalue weighted by atomic mass is 10.2. The Bertz CT molecular complexity index is 175. The number of rotatable bonds is 4. The first-order valence-electron chi connectivity index (χ1n) is 4.14. The Morgan fingerprint density at radius 1 is 1.50 bits per heavy atom. The van der Waals surface area contributed by atoms with Gasteiger partial charge in [0.15, 0.2) is 0 Å². The Labute approximate surface area is 88.9 Å². The van der Waals surface area contributed by atoms with E-state index in [1.165, 1.54) is 13.8 Å². The number of aliphatic hydroxyl groups excluding tert-OH is 1. The van der Waals surface area contributed by atoms with E-state index in [0.29, 0.717) is 12.3 Å². The molecule has 5 nitrogen and oxygen atoms in total. The highest BCUT2D eigenvalue weighted by molar-refractivity contribution is 7.80. The molecule has 0 spiro atoms. The van der Waals surface area contributed by atoms with E-state index in [1.807, 2.05) is 0 Å². The van der Waals surface area contributed by atoms with Gasteiger partial charge in [0.05, 0.1) is 12.5 Å². The minimum absolute atomic E-state index is 0.00838. The van der Waals surface area contributed by atoms with Crippen LogP contribution in [0.5, 0.6) is 0 Å². The zero-order valence-electron chi connectivity index (χ0n) is 8.36. The maximum Gasteiger partial charge on any atom is 0.308 e. The van der Waals surface area contributed by atoms with Crippen molar-refractivity contribution in [1.29, 1.82) is 0 Å². The summed E-state index contributed by atoms with van der Waals surface area (Å²) in [4.78, 5) is 19.8. The average molecular weight is 223 g/mol. The molecule has 0 radical (unpaired) electrons. The lowest BCUT2D eigenvalue weighted by Crippen LogP contribution is -2.21. The van der Waals surface area contributed by atoms with Crippen molar-refractivity contribution in [2.24, 2.45) is 5.92 Å². The fourth-order valence-electron chi connectivity index (χ4n) is 0.310. The third-order valence-electron chi connectivity index (χ3n) is 1.18. The molecule has 0 aromatic carbocycles. The molecule has 1 atom stereocenters. The molecule has 0 aromatic rings. The standard InChI is InChI=1S/C4H9NOS.C4H8O3/c1-4(6)5-2-3-7;1-3(2-5)4(6)7/h7H,2-3H2,1H3,(H,5,6);3,5H,2H2,1H3,(H,6,7). The maximum atomic E-state index is 10.1. The predicted octanol–water partition coefficient (Wildman–Crippen LogP) is -0.248. The number of carbonyl (C=O) groups is 2. The van der Waals surface area contributed by atoms with Crippen LogP contribution in [0.4, 0.5) is 0 Å². The maximum absolute atomic E-state index is 10.1. The van der Waals surface area contributed by atoms with Crippen LogP contribution < -0.4 is 5.32 Å². The highest BCUT2D eigenvalue weighted by Crippen LogP contribution is 1.88. The van der Waals surface area contributed by atoms with E-state index >= 15 is 0 Å². The van der Waals surface area contributed by atoms with Crippen LogP contribution in [0.3, 0.4) is 0 Å². The van der Waals surface area contributed by atoms with Crippen LogP contribution in [-0.2, 0) is 9.59 Å². The number of aliphatic carboxylic acids is 1. The number of nitrogens with one attached hydrogen (secondary N) is 1. The minimum Gasteiger partial charge on any atom is -0.481 e. The summed E-state index contributed by atoms with van der Waals surface area (Å²) >= 11 is 3.88. The van der Waals surface area contributed by atoms with Gasteiger partial charge >= 0.3 is 5.97 Å². The van der Waals surface area contributed by atoms with Crippen LogP contribution in [0, 0.1) is 5.92 Å². The first-order valence-corrected chi connectivity index (χ1v) is 4.77. The summed E-state index contributed by atoms with van der Waals surface area (Å²) in [5.74, 6) is -0.865. The van der Waals surface area contributed by atoms with E-state index < -0.39 is 11.9 Å². The highest BCUT2D eigenvalue weighted by atomic mass is 32.1. The number of carbonyl (C=O) groups excluding carboxylic acids is 1. The number of carboxylic acids is 1. The number of thiol groups is 1. The van der Waals surface area contributed by atoms with Gasteiger partial charge in [0, 0.05) is 19.2 Å². The van der Waals surface area contributed by atoms with Gasteiger partial charge in [0.2, 0.25) is 5.91 Å². The van der Waals surface area contributed by atoms with Gasteiger partial charge in [0.1, 0.15) is 0 Å². The van der Waals surface area contributed by atoms with Crippen LogP contribution in [0.15, 0.2) is 0 Å². The first-order chi connectivity index (χ1) is 6.45. The van der Waals surface area contributed by atoms with Gasteiger partial charge in [-0.05, 0) is 6.92 Å². The smallest absolute Gasteiger partial charge is 0.308 e. The van der Waals surface area contributed by atoms with Gasteiger partial charge in [-0.25, -0.2) is 0 Å². The van der Waals surface area contributed by atoms with E-state index in [2.05, 4.69) is 17.9 Å². The molecule has 0 heterocycles. The average Bonchev–Trinajstić information content (AvgIpc) is 2.14. The van der Waals surface area contributed by atoms with Crippen LogP contribution in [0.1, 0.15) is 13.8 Å². The topological polar surface area (TPSA) is 86.6 Å². The van der Waals surface area contributed by atoms with E-state index in [0.717, 1.165) is 0 Å². The summed E-state index contributed by atoms with van der Waals surface area (Å²) in [7, 11) is 0. The zero-order valence-corrected chi connectivity index (χ0v) is 9.25. The first kappa shape index (κ1) is 15.7. The molecule has 84 valence electrons. The van der Waals surface area contributed by atoms with E-state index in [4.69, 9.17) is 10.2 Å². The Balaban J connectivity index is 0. The van der Waals surface area contributed by atoms with Gasteiger partial charge in [-0.1, -0.05) is 0 Å². The molecule has 0 aliphatic rings. The predicted molar refractivity (Wildman–Crippen MR) is 56.4 cm³/mol. The molecule has 3 N–H and O–H groups in total. The number of amides is 1. The molecule has 0 saturated heterocycles. The Hall–Kier alpha value is -0.750. The number of carboxylic acid groups (broad SMARTS) is 1. The molecule has 0 saturated carbocycles. The van der Waals surface area contributed by atoms with E-state index in [1.54, 1.807) is 0 Å². The molecule has 0 bridgehead atoms. The minimum atomic E-state index is -0.956. The lowest BCUT2D eigenvalue weighted by Gasteiger charge is -1.95. The molecule has 1 unspecified atom stereocenters. The third-order valence-corrected chi connectivity index (χ3v) is 1.40. The summed E-state index contributed by atoms with van der Waals surface area (Å²) in [6.45, 7) is 3.32. The van der Waals surface area contributed by atoms with Crippen molar-refractivity contribution in [1.82, 2.24) is 5.32 Å². The van der Waals surface area contributed by atoms with Crippen LogP contribution in [0.25, 0.3) is 0 Å². The van der Waals surface area contributed by atoms with E-state index in [-0.39, 0.29) is 12.5 Å². The Morgan fingerprint density at radius 2 is 2.00 bits per heavy atom. The Morgan fingerprint density at radius 3 is 2.07 bits per heavy atom. The molecule has 0 aromatic heterocycles. The fraction of sp³-hybridized carbons (Fsp3) is 0.750. The summed E-state index contributed by atoms with van der Waals surface area (Å²) in [6.07, 6.45) is 0. The summed E-state index contributed by atoms with van der Waals surface area (Å²) in [5, 5.41) is 18.7. The van der Waals surface area contributed by atoms with Gasteiger partial charge in [0.25, 0.3) is 0 Å². The molecular weight excluding hydrogens is 206 g/mol. The van der Waals surface area contributed by atoms with Gasteiger partial charge in [-0.3, -0.25) is 9.59 Å². The molecule has 0 aliphatic heterocycles. The summed E-state index contributed by atoms with van der Waals surface area (Å²) in [5.41, 5.74) is 0. The molecule has 6 heteroatoms. The second kappa shape index (κ2) is 10.3. The quantitative estimate of drug-likeness (QED) is 0.495. The third kappa shape index (κ3) is 13.8. The monoisotopic (exact) mass is 223 g/mol. The van der Waals surface area contributed by atoms with Crippen molar-refractivity contribution in [3.63, 3.8) is 0 Å². The Kier molecular flexibility index (Phi) is 11.6. The molecule has 0 fully saturated rings. The molecule has 0 aliphatic carbocycles. The SMILES string of the molecule is CC(=O)NCCS.CC(CO)C(=O)O. The number of hydrogen-bond donors (Lipinski definition) is 4. The molecule has 0 rings (SSSR count). The van der Waals surface area contributed by atoms with Gasteiger partial charge in [-0.15, -0.1) is 0 Å². The zero-order chi connectivity index (χ0) is 11.6. The van der Waals surface area contributed by atoms with Crippen LogP contribution in [0.2, 0.25) is 0 Å². The van der Waals surface area contributed by atoms with Gasteiger partial charge in [-0.2, -0.15) is 12.6 Å². The normalized spacial score (nSPS) is 10.9. The lowest BCUT2D eigenvalue weighted by molar-refractivity contribution is -0.142. The largest absolute Gasteiger partial charge is 0.481 e. The highest BCUT2D eigenvalue weighted by Gasteiger charge is 2.06. The van der Waals surface area contributed by atoms with Crippen molar-refractivity contribution >= 4 is 24.5 Å². The van der Waals surface area contributed by atoms with Crippen molar-refractivity contribution in [2.75, 3.05) is 18.9 Å². The summed E-state index contributed by atoms with van der Waals surface area (Å²) in [6, 6.07) is 0. The summed E-state index contributed by atoms with van der Waals surface area (Å²) < 4.78 is 0. The fourth-order valence-corrected chi connectivity index (χ4v) is 0.422. The molecular formula is C8H17NO4S. The van der Waals surface area contributed by atoms with Crippen molar-refractivity contribution < 1.29 is 19.8 Å². The molecule has 14 heavy (non-hydrogen) atoms.